The quantitative estimate of drug-likeness (QED) is 0.211. The maximum atomic E-state index is 5.11. The van der Waals surface area contributed by atoms with E-state index in [1.165, 1.54) is 37.3 Å². The number of fused-ring (bicyclic) bond motifs is 4. The predicted molar refractivity (Wildman–Crippen MR) is 183 cm³/mol. The van der Waals surface area contributed by atoms with Crippen molar-refractivity contribution in [3.05, 3.63) is 139 Å². The maximum Gasteiger partial charge on any atom is 0.164 e. The van der Waals surface area contributed by atoms with E-state index in [-0.39, 0.29) is 0 Å². The van der Waals surface area contributed by atoms with Crippen LogP contribution in [-0.2, 0) is 0 Å². The average Bonchev–Trinajstić information content (AvgIpc) is 3.39. The highest BCUT2D eigenvalue weighted by atomic mass is 31.1. The van der Waals surface area contributed by atoms with Crippen LogP contribution in [-0.4, -0.2) is 15.0 Å². The van der Waals surface area contributed by atoms with Gasteiger partial charge in [0.1, 0.15) is 0 Å². The Morgan fingerprint density at radius 2 is 1.21 bits per heavy atom. The summed E-state index contributed by atoms with van der Waals surface area (Å²) in [6.45, 7) is 4.33. The number of aromatic nitrogens is 3. The fourth-order valence-corrected chi connectivity index (χ4v) is 8.99. The molecule has 1 unspecified atom stereocenters. The Hall–Kier alpha value is -4.85. The molecule has 1 aliphatic carbocycles. The van der Waals surface area contributed by atoms with Gasteiger partial charge in [0.2, 0.25) is 0 Å². The number of aryl methyl sites for hydroxylation is 1. The van der Waals surface area contributed by atoms with Crippen LogP contribution in [0.1, 0.15) is 24.7 Å². The van der Waals surface area contributed by atoms with Crippen molar-refractivity contribution in [1.82, 2.24) is 15.0 Å². The summed E-state index contributed by atoms with van der Waals surface area (Å²) in [6, 6.07) is 39.5. The SMILES string of the molecule is Cc1ccc(-c2nc(C3=CCC(C)C=C3)nc(-c3ccc(-p4c5ccccc5c5ccccc54)c4ccccc34)n2)cc1. The molecule has 3 nitrogen and oxygen atoms in total. The third-order valence-corrected chi connectivity index (χ3v) is 11.1. The van der Waals surface area contributed by atoms with Gasteiger partial charge in [-0.15, -0.1) is 0 Å². The molecule has 0 bridgehead atoms. The highest BCUT2D eigenvalue weighted by Gasteiger charge is 2.19. The van der Waals surface area contributed by atoms with Crippen LogP contribution in [0.4, 0.5) is 0 Å². The summed E-state index contributed by atoms with van der Waals surface area (Å²) >= 11 is 0. The molecule has 4 heteroatoms. The van der Waals surface area contributed by atoms with E-state index < -0.39 is 7.53 Å². The third kappa shape index (κ3) is 4.49. The Balaban J connectivity index is 1.37. The molecule has 0 spiro atoms. The molecule has 0 amide bonds. The lowest BCUT2D eigenvalue weighted by Gasteiger charge is -2.15. The van der Waals surface area contributed by atoms with Crippen molar-refractivity contribution in [2.75, 3.05) is 0 Å². The summed E-state index contributed by atoms with van der Waals surface area (Å²) in [5, 5.41) is 9.33. The Kier molecular flexibility index (Phi) is 6.28. The molecule has 0 radical (unpaired) electrons. The summed E-state index contributed by atoms with van der Waals surface area (Å²) in [6.07, 6.45) is 7.64. The first-order valence-electron chi connectivity index (χ1n) is 14.9. The molecule has 2 aromatic heterocycles. The van der Waals surface area contributed by atoms with Crippen molar-refractivity contribution in [2.24, 2.45) is 5.92 Å². The van der Waals surface area contributed by atoms with Crippen LogP contribution in [0.3, 0.4) is 0 Å². The molecule has 1 aliphatic rings. The fourth-order valence-electron chi connectivity index (χ4n) is 6.21. The highest BCUT2D eigenvalue weighted by Crippen LogP contribution is 2.57. The molecule has 0 aliphatic heterocycles. The second kappa shape index (κ2) is 10.5. The van der Waals surface area contributed by atoms with Gasteiger partial charge in [-0.2, -0.15) is 0 Å². The first kappa shape index (κ1) is 25.8. The van der Waals surface area contributed by atoms with E-state index >= 15 is 0 Å². The number of rotatable bonds is 4. The van der Waals surface area contributed by atoms with Crippen LogP contribution in [0, 0.1) is 12.8 Å². The Morgan fingerprint density at radius 3 is 1.88 bits per heavy atom. The van der Waals surface area contributed by atoms with E-state index in [1.54, 1.807) is 0 Å². The maximum absolute atomic E-state index is 5.11. The molecule has 0 saturated carbocycles. The van der Waals surface area contributed by atoms with Crippen molar-refractivity contribution in [2.45, 2.75) is 20.3 Å². The summed E-state index contributed by atoms with van der Waals surface area (Å²) in [5.74, 6) is 2.64. The lowest BCUT2D eigenvalue weighted by atomic mass is 9.98. The van der Waals surface area contributed by atoms with E-state index in [2.05, 4.69) is 141 Å². The minimum absolute atomic E-state index is 0.519. The third-order valence-electron chi connectivity index (χ3n) is 8.48. The van der Waals surface area contributed by atoms with E-state index in [0.29, 0.717) is 17.6 Å². The molecular formula is C39H30N3P. The van der Waals surface area contributed by atoms with E-state index in [4.69, 9.17) is 15.0 Å². The average molecular weight is 572 g/mol. The van der Waals surface area contributed by atoms with Gasteiger partial charge in [-0.25, -0.2) is 15.0 Å². The highest BCUT2D eigenvalue weighted by molar-refractivity contribution is 7.68. The lowest BCUT2D eigenvalue weighted by Crippen LogP contribution is -2.04. The summed E-state index contributed by atoms with van der Waals surface area (Å²) in [7, 11) is -0.691. The number of nitrogens with zero attached hydrogens (tertiary/aromatic N) is 3. The van der Waals surface area contributed by atoms with Gasteiger partial charge in [0.25, 0.3) is 0 Å². The van der Waals surface area contributed by atoms with Crippen molar-refractivity contribution >= 4 is 44.9 Å². The van der Waals surface area contributed by atoms with Crippen molar-refractivity contribution in [1.29, 1.82) is 0 Å². The first-order valence-corrected chi connectivity index (χ1v) is 16.2. The first-order chi connectivity index (χ1) is 21.1. The largest absolute Gasteiger partial charge is 0.208 e. The van der Waals surface area contributed by atoms with Crippen LogP contribution >= 0.6 is 7.53 Å². The molecule has 0 N–H and O–H groups in total. The van der Waals surface area contributed by atoms with Gasteiger partial charge in [0.15, 0.2) is 17.5 Å². The molecule has 43 heavy (non-hydrogen) atoms. The lowest BCUT2D eigenvalue weighted by molar-refractivity contribution is 0.738. The molecule has 206 valence electrons. The monoisotopic (exact) mass is 571 g/mol. The molecule has 0 saturated heterocycles. The van der Waals surface area contributed by atoms with Crippen molar-refractivity contribution in [3.8, 4) is 28.1 Å². The van der Waals surface area contributed by atoms with Gasteiger partial charge in [-0.1, -0.05) is 135 Å². The van der Waals surface area contributed by atoms with E-state index in [9.17, 15) is 0 Å². The van der Waals surface area contributed by atoms with Crippen LogP contribution in [0.25, 0.3) is 65.4 Å². The van der Waals surface area contributed by atoms with Crippen molar-refractivity contribution < 1.29 is 0 Å². The second-order valence-corrected chi connectivity index (χ2v) is 13.6. The number of allylic oxidation sites excluding steroid dienone is 4. The molecule has 1 atom stereocenters. The molecule has 5 aromatic carbocycles. The zero-order valence-electron chi connectivity index (χ0n) is 24.2. The predicted octanol–water partition coefficient (Wildman–Crippen LogP) is 10.9. The Bertz CT molecular complexity index is 2180. The summed E-state index contributed by atoms with van der Waals surface area (Å²) in [4.78, 5) is 15.2. The number of hydrogen-bond donors (Lipinski definition) is 0. The normalized spacial score (nSPS) is 14.9. The minimum atomic E-state index is -0.691. The van der Waals surface area contributed by atoms with Gasteiger partial charge in [-0.05, 0) is 52.9 Å². The number of hydrogen-bond acceptors (Lipinski definition) is 3. The van der Waals surface area contributed by atoms with Gasteiger partial charge >= 0.3 is 0 Å². The molecule has 0 fully saturated rings. The molecular weight excluding hydrogens is 541 g/mol. The number of benzene rings is 5. The summed E-state index contributed by atoms with van der Waals surface area (Å²) < 4.78 is 0. The zero-order chi connectivity index (χ0) is 28.9. The Morgan fingerprint density at radius 1 is 0.605 bits per heavy atom. The topological polar surface area (TPSA) is 38.7 Å². The fraction of sp³-hybridized carbons (Fsp3) is 0.103. The minimum Gasteiger partial charge on any atom is -0.208 e. The van der Waals surface area contributed by atoms with Crippen molar-refractivity contribution in [3.63, 3.8) is 0 Å². The van der Waals surface area contributed by atoms with E-state index in [0.717, 1.165) is 34.3 Å². The summed E-state index contributed by atoms with van der Waals surface area (Å²) in [5.41, 5.74) is 4.29. The van der Waals surface area contributed by atoms with Gasteiger partial charge in [0.05, 0.1) is 0 Å². The van der Waals surface area contributed by atoms with Crippen LogP contribution in [0.5, 0.6) is 0 Å². The smallest absolute Gasteiger partial charge is 0.164 e. The zero-order valence-corrected chi connectivity index (χ0v) is 25.1. The van der Waals surface area contributed by atoms with Crippen LogP contribution < -0.4 is 0 Å². The van der Waals surface area contributed by atoms with Crippen LogP contribution in [0.2, 0.25) is 0 Å². The van der Waals surface area contributed by atoms with E-state index in [1.807, 2.05) is 0 Å². The molecule has 2 heterocycles. The molecule has 8 rings (SSSR count). The Labute approximate surface area is 252 Å². The van der Waals surface area contributed by atoms with Gasteiger partial charge < -0.3 is 0 Å². The van der Waals surface area contributed by atoms with Gasteiger partial charge in [0, 0.05) is 32.2 Å². The second-order valence-electron chi connectivity index (χ2n) is 11.5. The van der Waals surface area contributed by atoms with Crippen LogP contribution in [0.15, 0.2) is 127 Å². The standard InChI is InChI=1S/C39H30N3P/c1-25-15-19-27(20-16-25)37-40-38(28-21-17-26(2)18-22-28)42-39(41-37)33-23-24-36(30-10-4-3-9-29(30)33)43-34-13-7-5-11-31(34)32-12-6-8-14-35(32)43/h3-17,19-24,26H,18H2,1-2H3. The molecule has 7 aromatic rings. The van der Waals surface area contributed by atoms with Gasteiger partial charge in [-0.3, -0.25) is 0 Å².